The molecule has 0 spiro atoms. The van der Waals surface area contributed by atoms with Crippen molar-refractivity contribution in [2.45, 2.75) is 51.6 Å². The minimum Gasteiger partial charge on any atom is -0.465 e. The number of rotatable bonds is 1. The molecule has 0 radical (unpaired) electrons. The van der Waals surface area contributed by atoms with Gasteiger partial charge in [0.1, 0.15) is 5.54 Å². The van der Waals surface area contributed by atoms with E-state index in [-0.39, 0.29) is 0 Å². The van der Waals surface area contributed by atoms with Gasteiger partial charge in [-0.25, -0.2) is 9.59 Å². The molecule has 4 amide bonds. The molecule has 0 aliphatic carbocycles. The largest absolute Gasteiger partial charge is 0.465 e. The van der Waals surface area contributed by atoms with Crippen LogP contribution in [0.4, 0.5) is 9.59 Å². The summed E-state index contributed by atoms with van der Waals surface area (Å²) in [7, 11) is 0. The van der Waals surface area contributed by atoms with E-state index < -0.39 is 34.5 Å². The summed E-state index contributed by atoms with van der Waals surface area (Å²) in [6, 6.07) is -0.571. The molecular formula is C13H21N3O4. The third kappa shape index (κ3) is 1.61. The summed E-state index contributed by atoms with van der Waals surface area (Å²) in [5.41, 5.74) is -2.75. The first-order valence-electron chi connectivity index (χ1n) is 6.70. The van der Waals surface area contributed by atoms with Gasteiger partial charge in [-0.1, -0.05) is 20.8 Å². The van der Waals surface area contributed by atoms with Crippen LogP contribution in [0.5, 0.6) is 0 Å². The predicted molar refractivity (Wildman–Crippen MR) is 71.2 cm³/mol. The molecule has 2 atom stereocenters. The highest BCUT2D eigenvalue weighted by Gasteiger charge is 2.67. The van der Waals surface area contributed by atoms with Crippen molar-refractivity contribution in [2.75, 3.05) is 6.54 Å². The first-order valence-corrected chi connectivity index (χ1v) is 6.70. The SMILES string of the molecule is CC(C)(C)[C@@]1([C@]2(C)NC(=O)NC2=O)CCCN1C(=O)O. The number of amides is 4. The zero-order valence-corrected chi connectivity index (χ0v) is 12.2. The van der Waals surface area contributed by atoms with E-state index in [1.165, 1.54) is 4.90 Å². The molecule has 2 aliphatic heterocycles. The molecule has 0 bridgehead atoms. The van der Waals surface area contributed by atoms with Crippen LogP contribution >= 0.6 is 0 Å². The Kier molecular flexibility index (Phi) is 3.00. The first kappa shape index (κ1) is 14.6. The first-order chi connectivity index (χ1) is 9.06. The Morgan fingerprint density at radius 1 is 1.35 bits per heavy atom. The van der Waals surface area contributed by atoms with E-state index in [1.807, 2.05) is 20.8 Å². The topological polar surface area (TPSA) is 98.7 Å². The fourth-order valence-electron chi connectivity index (χ4n) is 3.96. The molecule has 2 rings (SSSR count). The lowest BCUT2D eigenvalue weighted by Crippen LogP contribution is -2.73. The summed E-state index contributed by atoms with van der Waals surface area (Å²) in [6.45, 7) is 7.68. The fourth-order valence-corrected chi connectivity index (χ4v) is 3.96. The Hall–Kier alpha value is -1.79. The summed E-state index contributed by atoms with van der Waals surface area (Å²) >= 11 is 0. The van der Waals surface area contributed by atoms with Gasteiger partial charge < -0.3 is 10.4 Å². The average molecular weight is 283 g/mol. The molecule has 7 heteroatoms. The molecule has 2 fully saturated rings. The van der Waals surface area contributed by atoms with Crippen LogP contribution in [-0.2, 0) is 4.79 Å². The molecule has 20 heavy (non-hydrogen) atoms. The summed E-state index contributed by atoms with van der Waals surface area (Å²) in [6.07, 6.45) is 0.141. The second-order valence-corrected chi connectivity index (χ2v) is 6.68. The monoisotopic (exact) mass is 283 g/mol. The van der Waals surface area contributed by atoms with Crippen molar-refractivity contribution in [2.24, 2.45) is 5.41 Å². The number of hydrogen-bond donors (Lipinski definition) is 3. The fraction of sp³-hybridized carbons (Fsp3) is 0.769. The third-order valence-electron chi connectivity index (χ3n) is 4.72. The van der Waals surface area contributed by atoms with E-state index in [0.29, 0.717) is 19.4 Å². The molecule has 2 aliphatic rings. The van der Waals surface area contributed by atoms with E-state index in [0.717, 1.165) is 0 Å². The lowest BCUT2D eigenvalue weighted by Gasteiger charge is -2.54. The van der Waals surface area contributed by atoms with Gasteiger partial charge in [-0.05, 0) is 25.2 Å². The second kappa shape index (κ2) is 4.10. The Labute approximate surface area is 117 Å². The number of imide groups is 1. The standard InChI is InChI=1S/C13H21N3O4/c1-11(2,3)13(6-5-7-16(13)10(19)20)12(4)8(17)14-9(18)15-12/h5-7H2,1-4H3,(H,19,20)(H2,14,15,17,18)/t12-,13-/m1/s1. The molecule has 0 aromatic heterocycles. The minimum atomic E-state index is -1.27. The maximum Gasteiger partial charge on any atom is 0.407 e. The molecular weight excluding hydrogens is 262 g/mol. The number of urea groups is 1. The number of carbonyl (C=O) groups is 3. The minimum absolute atomic E-state index is 0.366. The number of carbonyl (C=O) groups excluding carboxylic acids is 2. The zero-order chi connectivity index (χ0) is 15.3. The normalized spacial score (nSPS) is 34.1. The highest BCUT2D eigenvalue weighted by Crippen LogP contribution is 2.51. The molecule has 0 unspecified atom stereocenters. The average Bonchev–Trinajstić information content (AvgIpc) is 2.81. The van der Waals surface area contributed by atoms with E-state index in [9.17, 15) is 19.5 Å². The van der Waals surface area contributed by atoms with Crippen molar-refractivity contribution < 1.29 is 19.5 Å². The Bertz CT molecular complexity index is 484. The van der Waals surface area contributed by atoms with Gasteiger partial charge in [0.05, 0.1) is 5.54 Å². The van der Waals surface area contributed by atoms with E-state index in [2.05, 4.69) is 10.6 Å². The van der Waals surface area contributed by atoms with E-state index >= 15 is 0 Å². The van der Waals surface area contributed by atoms with Crippen LogP contribution in [0.25, 0.3) is 0 Å². The number of carboxylic acid groups (broad SMARTS) is 1. The summed E-state index contributed by atoms with van der Waals surface area (Å²) in [5, 5.41) is 14.4. The van der Waals surface area contributed by atoms with Crippen LogP contribution in [0.2, 0.25) is 0 Å². The van der Waals surface area contributed by atoms with Gasteiger partial charge in [0.25, 0.3) is 5.91 Å². The lowest BCUT2D eigenvalue weighted by atomic mass is 9.61. The van der Waals surface area contributed by atoms with Crippen LogP contribution in [-0.4, -0.2) is 45.7 Å². The van der Waals surface area contributed by atoms with Gasteiger partial charge >= 0.3 is 12.1 Å². The van der Waals surface area contributed by atoms with Crippen molar-refractivity contribution in [3.63, 3.8) is 0 Å². The highest BCUT2D eigenvalue weighted by molar-refractivity contribution is 6.08. The van der Waals surface area contributed by atoms with Crippen molar-refractivity contribution in [3.05, 3.63) is 0 Å². The maximum atomic E-state index is 12.3. The van der Waals surface area contributed by atoms with Crippen molar-refractivity contribution in [3.8, 4) is 0 Å². The Morgan fingerprint density at radius 3 is 2.35 bits per heavy atom. The highest BCUT2D eigenvalue weighted by atomic mass is 16.4. The van der Waals surface area contributed by atoms with Crippen LogP contribution in [0.3, 0.4) is 0 Å². The van der Waals surface area contributed by atoms with Crippen LogP contribution in [0.1, 0.15) is 40.5 Å². The number of likely N-dealkylation sites (tertiary alicyclic amines) is 1. The van der Waals surface area contributed by atoms with Crippen molar-refractivity contribution in [1.82, 2.24) is 15.5 Å². The van der Waals surface area contributed by atoms with Crippen LogP contribution < -0.4 is 10.6 Å². The van der Waals surface area contributed by atoms with E-state index in [1.54, 1.807) is 6.92 Å². The molecule has 0 saturated carbocycles. The van der Waals surface area contributed by atoms with Crippen LogP contribution in [0, 0.1) is 5.41 Å². The maximum absolute atomic E-state index is 12.3. The molecule has 0 aromatic rings. The second-order valence-electron chi connectivity index (χ2n) is 6.68. The quantitative estimate of drug-likeness (QED) is 0.628. The van der Waals surface area contributed by atoms with Gasteiger partial charge in [0.2, 0.25) is 0 Å². The van der Waals surface area contributed by atoms with Gasteiger partial charge in [-0.15, -0.1) is 0 Å². The molecule has 2 heterocycles. The van der Waals surface area contributed by atoms with Gasteiger partial charge in [-0.2, -0.15) is 0 Å². The van der Waals surface area contributed by atoms with Gasteiger partial charge in [0, 0.05) is 6.54 Å². The van der Waals surface area contributed by atoms with Gasteiger partial charge in [0.15, 0.2) is 0 Å². The Balaban J connectivity index is 2.63. The molecule has 3 N–H and O–H groups in total. The Morgan fingerprint density at radius 2 is 1.95 bits per heavy atom. The van der Waals surface area contributed by atoms with Crippen molar-refractivity contribution >= 4 is 18.0 Å². The molecule has 7 nitrogen and oxygen atoms in total. The number of nitrogens with zero attached hydrogens (tertiary/aromatic N) is 1. The lowest BCUT2D eigenvalue weighted by molar-refractivity contribution is -0.132. The van der Waals surface area contributed by atoms with Crippen LogP contribution in [0.15, 0.2) is 0 Å². The van der Waals surface area contributed by atoms with E-state index in [4.69, 9.17) is 0 Å². The van der Waals surface area contributed by atoms with Crippen molar-refractivity contribution in [1.29, 1.82) is 0 Å². The summed E-state index contributed by atoms with van der Waals surface area (Å²) < 4.78 is 0. The number of nitrogens with one attached hydrogen (secondary N) is 2. The smallest absolute Gasteiger partial charge is 0.407 e. The zero-order valence-electron chi connectivity index (χ0n) is 12.2. The molecule has 0 aromatic carbocycles. The summed E-state index contributed by atoms with van der Waals surface area (Å²) in [4.78, 5) is 36.8. The molecule has 112 valence electrons. The number of hydrogen-bond acceptors (Lipinski definition) is 3. The predicted octanol–water partition coefficient (Wildman–Crippen LogP) is 1.14. The third-order valence-corrected chi connectivity index (χ3v) is 4.72. The molecule has 2 saturated heterocycles. The van der Waals surface area contributed by atoms with Gasteiger partial charge in [-0.3, -0.25) is 15.0 Å². The summed E-state index contributed by atoms with van der Waals surface area (Å²) in [5.74, 6) is -0.467.